The molecule has 4 rings (SSSR count). The van der Waals surface area contributed by atoms with Crippen molar-refractivity contribution >= 4 is 27.6 Å². The van der Waals surface area contributed by atoms with E-state index in [1.807, 2.05) is 20.9 Å². The van der Waals surface area contributed by atoms with Gasteiger partial charge in [-0.05, 0) is 68.9 Å². The summed E-state index contributed by atoms with van der Waals surface area (Å²) in [6, 6.07) is 17.8. The van der Waals surface area contributed by atoms with Crippen molar-refractivity contribution in [3.05, 3.63) is 89.0 Å². The lowest BCUT2D eigenvalue weighted by molar-refractivity contribution is -0.134. The topological polar surface area (TPSA) is 136 Å². The van der Waals surface area contributed by atoms with Crippen LogP contribution in [0.15, 0.2) is 71.6 Å². The predicted octanol–water partition coefficient (Wildman–Crippen LogP) is 3.78. The summed E-state index contributed by atoms with van der Waals surface area (Å²) in [5, 5.41) is 19.1. The van der Waals surface area contributed by atoms with Crippen LogP contribution in [0.4, 0.5) is 5.69 Å². The summed E-state index contributed by atoms with van der Waals surface area (Å²) in [5.74, 6) is -0.792. The molecule has 0 saturated carbocycles. The fraction of sp³-hybridized carbons (Fsp3) is 0.375. The molecular weight excluding hydrogens is 570 g/mol. The minimum absolute atomic E-state index is 0.0228. The van der Waals surface area contributed by atoms with Crippen LogP contribution in [0, 0.1) is 12.8 Å². The molecule has 0 bridgehead atoms. The van der Waals surface area contributed by atoms with Crippen molar-refractivity contribution in [3.8, 4) is 5.75 Å². The molecule has 0 aliphatic carbocycles. The molecule has 0 saturated heterocycles. The van der Waals surface area contributed by atoms with Crippen LogP contribution in [0.5, 0.6) is 5.75 Å². The zero-order valence-corrected chi connectivity index (χ0v) is 25.7. The smallest absolute Gasteiger partial charge is 0.335 e. The number of nitrogens with one attached hydrogen (secondary N) is 1. The number of fused-ring (bicyclic) bond motifs is 1. The first-order valence-corrected chi connectivity index (χ1v) is 15.6. The van der Waals surface area contributed by atoms with Crippen molar-refractivity contribution in [3.63, 3.8) is 0 Å². The van der Waals surface area contributed by atoms with E-state index in [0.29, 0.717) is 36.6 Å². The highest BCUT2D eigenvalue weighted by Crippen LogP contribution is 2.30. The lowest BCUT2D eigenvalue weighted by Gasteiger charge is -2.34. The van der Waals surface area contributed by atoms with E-state index < -0.39 is 22.0 Å². The molecule has 10 nitrogen and oxygen atoms in total. The van der Waals surface area contributed by atoms with Gasteiger partial charge in [0.25, 0.3) is 10.0 Å². The molecule has 43 heavy (non-hydrogen) atoms. The third kappa shape index (κ3) is 8.13. The Morgan fingerprint density at radius 3 is 2.42 bits per heavy atom. The Kier molecular flexibility index (Phi) is 10.1. The van der Waals surface area contributed by atoms with Crippen molar-refractivity contribution in [2.75, 3.05) is 31.5 Å². The molecular formula is C32H39N3O7S. The summed E-state index contributed by atoms with van der Waals surface area (Å²) >= 11 is 0. The normalized spacial score (nSPS) is 18.2. The van der Waals surface area contributed by atoms with E-state index in [1.54, 1.807) is 78.6 Å². The Morgan fingerprint density at radius 2 is 1.79 bits per heavy atom. The first-order valence-electron chi connectivity index (χ1n) is 14.2. The van der Waals surface area contributed by atoms with Gasteiger partial charge in [-0.15, -0.1) is 0 Å². The van der Waals surface area contributed by atoms with Gasteiger partial charge in [0.15, 0.2) is 0 Å². The SMILES string of the molecule is Cc1ccc(S(=O)(=O)Nc2ccc3c(c2)CC(=O)N([C@H](C)CO)C[C@@H](C)[C@@H](CN(C)Cc2ccc(C(=O)O)cc2)O3)cc1. The third-order valence-corrected chi connectivity index (χ3v) is 9.04. The molecule has 3 N–H and O–H groups in total. The number of anilines is 1. The minimum Gasteiger partial charge on any atom is -0.488 e. The molecule has 0 fully saturated rings. The Bertz CT molecular complexity index is 1540. The number of likely N-dealkylation sites (N-methyl/N-ethyl adjacent to an activating group) is 1. The highest BCUT2D eigenvalue weighted by molar-refractivity contribution is 7.92. The highest BCUT2D eigenvalue weighted by Gasteiger charge is 2.31. The number of carbonyl (C=O) groups excluding carboxylic acids is 1. The molecule has 3 aromatic carbocycles. The number of aliphatic hydroxyl groups is 1. The Morgan fingerprint density at radius 1 is 1.12 bits per heavy atom. The number of benzene rings is 3. The number of aromatic carboxylic acids is 1. The second kappa shape index (κ2) is 13.6. The number of carbonyl (C=O) groups is 2. The maximum absolute atomic E-state index is 13.5. The zero-order valence-electron chi connectivity index (χ0n) is 24.9. The standard InChI is InChI=1S/C32H39N3O7S/c1-21-5-12-28(13-6-21)43(40,41)33-27-11-14-29-26(15-27)16-31(37)35(23(3)20-36)17-22(2)30(42-29)19-34(4)18-24-7-9-25(10-8-24)32(38)39/h5-15,22-23,30,33,36H,16-20H2,1-4H3,(H,38,39)/t22-,23-,30-/m1/s1. The van der Waals surface area contributed by atoms with Gasteiger partial charge in [-0.25, -0.2) is 13.2 Å². The van der Waals surface area contributed by atoms with Gasteiger partial charge in [0.1, 0.15) is 11.9 Å². The summed E-state index contributed by atoms with van der Waals surface area (Å²) < 4.78 is 35.2. The number of nitrogens with zero attached hydrogens (tertiary/aromatic N) is 2. The highest BCUT2D eigenvalue weighted by atomic mass is 32.2. The summed E-state index contributed by atoms with van der Waals surface area (Å²) in [6.45, 7) is 6.89. The number of amides is 1. The molecule has 11 heteroatoms. The predicted molar refractivity (Wildman–Crippen MR) is 164 cm³/mol. The molecule has 0 spiro atoms. The number of aryl methyl sites for hydroxylation is 1. The van der Waals surface area contributed by atoms with E-state index in [0.717, 1.165) is 11.1 Å². The maximum Gasteiger partial charge on any atom is 0.335 e. The lowest BCUT2D eigenvalue weighted by Crippen LogP contribution is -2.47. The molecule has 0 aromatic heterocycles. The summed E-state index contributed by atoms with van der Waals surface area (Å²) in [6.07, 6.45) is -0.373. The fourth-order valence-electron chi connectivity index (χ4n) is 5.08. The van der Waals surface area contributed by atoms with Crippen LogP contribution in [-0.2, 0) is 27.8 Å². The van der Waals surface area contributed by atoms with E-state index in [4.69, 9.17) is 4.74 Å². The van der Waals surface area contributed by atoms with Crippen LogP contribution in [-0.4, -0.2) is 79.2 Å². The number of ether oxygens (including phenoxy) is 1. The quantitative estimate of drug-likeness (QED) is 0.316. The van der Waals surface area contributed by atoms with Crippen molar-refractivity contribution < 1.29 is 33.0 Å². The summed E-state index contributed by atoms with van der Waals surface area (Å²) in [5.41, 5.74) is 2.96. The van der Waals surface area contributed by atoms with Crippen molar-refractivity contribution in [2.45, 2.75) is 50.8 Å². The molecule has 1 heterocycles. The van der Waals surface area contributed by atoms with Gasteiger partial charge in [0.2, 0.25) is 5.91 Å². The molecule has 1 aliphatic heterocycles. The van der Waals surface area contributed by atoms with E-state index in [1.165, 1.54) is 0 Å². The van der Waals surface area contributed by atoms with Gasteiger partial charge < -0.3 is 19.8 Å². The molecule has 3 atom stereocenters. The number of hydrogen-bond donors (Lipinski definition) is 3. The minimum atomic E-state index is -3.85. The van der Waals surface area contributed by atoms with E-state index in [-0.39, 0.29) is 41.4 Å². The fourth-order valence-corrected chi connectivity index (χ4v) is 6.13. The molecule has 0 unspecified atom stereocenters. The van der Waals surface area contributed by atoms with Crippen LogP contribution in [0.2, 0.25) is 0 Å². The van der Waals surface area contributed by atoms with Crippen molar-refractivity contribution in [1.82, 2.24) is 9.80 Å². The first-order chi connectivity index (χ1) is 20.4. The van der Waals surface area contributed by atoms with Crippen LogP contribution < -0.4 is 9.46 Å². The average Bonchev–Trinajstić information content (AvgIpc) is 3.00. The van der Waals surface area contributed by atoms with Crippen LogP contribution >= 0.6 is 0 Å². The molecule has 0 radical (unpaired) electrons. The lowest BCUT2D eigenvalue weighted by atomic mass is 10.0. The Labute approximate surface area is 253 Å². The summed E-state index contributed by atoms with van der Waals surface area (Å²) in [4.78, 5) is 28.6. The number of sulfonamides is 1. The molecule has 1 aliphatic rings. The number of aliphatic hydroxyl groups excluding tert-OH is 1. The molecule has 230 valence electrons. The average molecular weight is 610 g/mol. The first kappa shape index (κ1) is 32.0. The number of rotatable bonds is 10. The monoisotopic (exact) mass is 609 g/mol. The van der Waals surface area contributed by atoms with Crippen molar-refractivity contribution in [1.29, 1.82) is 0 Å². The van der Waals surface area contributed by atoms with Gasteiger partial charge in [0.05, 0.1) is 29.5 Å². The van der Waals surface area contributed by atoms with Crippen LogP contribution in [0.1, 0.15) is 40.9 Å². The molecule has 1 amide bonds. The van der Waals surface area contributed by atoms with Crippen LogP contribution in [0.25, 0.3) is 0 Å². The van der Waals surface area contributed by atoms with E-state index in [9.17, 15) is 28.2 Å². The zero-order chi connectivity index (χ0) is 31.3. The second-order valence-electron chi connectivity index (χ2n) is 11.3. The van der Waals surface area contributed by atoms with Gasteiger partial charge in [0, 0.05) is 36.8 Å². The number of carboxylic acids is 1. The van der Waals surface area contributed by atoms with E-state index >= 15 is 0 Å². The second-order valence-corrected chi connectivity index (χ2v) is 13.0. The van der Waals surface area contributed by atoms with Gasteiger partial charge in [-0.3, -0.25) is 14.4 Å². The number of carboxylic acid groups (broad SMARTS) is 1. The maximum atomic E-state index is 13.5. The molecule has 3 aromatic rings. The largest absolute Gasteiger partial charge is 0.488 e. The Balaban J connectivity index is 1.60. The van der Waals surface area contributed by atoms with Crippen molar-refractivity contribution in [2.24, 2.45) is 5.92 Å². The van der Waals surface area contributed by atoms with E-state index in [2.05, 4.69) is 9.62 Å². The van der Waals surface area contributed by atoms with Gasteiger partial charge in [-0.2, -0.15) is 0 Å². The van der Waals surface area contributed by atoms with Crippen LogP contribution in [0.3, 0.4) is 0 Å². The Hall–Kier alpha value is -3.93. The number of hydrogen-bond acceptors (Lipinski definition) is 7. The van der Waals surface area contributed by atoms with Gasteiger partial charge >= 0.3 is 5.97 Å². The third-order valence-electron chi connectivity index (χ3n) is 7.64. The van der Waals surface area contributed by atoms with Gasteiger partial charge in [-0.1, -0.05) is 36.8 Å². The summed E-state index contributed by atoms with van der Waals surface area (Å²) in [7, 11) is -1.91.